The molecule has 0 saturated carbocycles. The van der Waals surface area contributed by atoms with Crippen molar-refractivity contribution in [2.75, 3.05) is 0 Å². The summed E-state index contributed by atoms with van der Waals surface area (Å²) in [7, 11) is 0. The van der Waals surface area contributed by atoms with Crippen molar-refractivity contribution in [2.45, 2.75) is 78.2 Å². The molecule has 0 bridgehead atoms. The van der Waals surface area contributed by atoms with Crippen molar-refractivity contribution in [3.8, 4) is 0 Å². The molecular weight excluding hydrogens is 172 g/mol. The molecule has 0 heterocycles. The molecule has 0 saturated heterocycles. The van der Waals surface area contributed by atoms with E-state index in [1.807, 2.05) is 0 Å². The highest BCUT2D eigenvalue weighted by Gasteiger charge is 2.30. The highest BCUT2D eigenvalue weighted by Crippen LogP contribution is 2.31. The standard InChI is InChI=1S/C13H28O/c1-5-8-10-13(14,11-9-6-2)12(4)7-3/h12,14H,5-11H2,1-4H3/t12-/m0/s1. The quantitative estimate of drug-likeness (QED) is 0.624. The lowest BCUT2D eigenvalue weighted by Gasteiger charge is -2.34. The summed E-state index contributed by atoms with van der Waals surface area (Å²) >= 11 is 0. The molecule has 86 valence electrons. The monoisotopic (exact) mass is 200 g/mol. The number of rotatable bonds is 8. The second-order valence-corrected chi connectivity index (χ2v) is 4.62. The van der Waals surface area contributed by atoms with E-state index in [1.54, 1.807) is 0 Å². The first-order chi connectivity index (χ1) is 6.60. The maximum absolute atomic E-state index is 10.5. The Hall–Kier alpha value is -0.0400. The summed E-state index contributed by atoms with van der Waals surface area (Å²) in [6.45, 7) is 8.74. The van der Waals surface area contributed by atoms with Gasteiger partial charge in [0.1, 0.15) is 0 Å². The van der Waals surface area contributed by atoms with Gasteiger partial charge in [0, 0.05) is 0 Å². The SMILES string of the molecule is CCCCC(O)(CCCC)[C@@H](C)CC. The highest BCUT2D eigenvalue weighted by molar-refractivity contribution is 4.83. The molecule has 0 spiro atoms. The van der Waals surface area contributed by atoms with Gasteiger partial charge in [-0.05, 0) is 18.8 Å². The Balaban J connectivity index is 4.16. The average Bonchev–Trinajstić information content (AvgIpc) is 2.22. The van der Waals surface area contributed by atoms with E-state index in [9.17, 15) is 5.11 Å². The molecule has 0 fully saturated rings. The van der Waals surface area contributed by atoms with Gasteiger partial charge in [-0.15, -0.1) is 0 Å². The summed E-state index contributed by atoms with van der Waals surface area (Å²) in [5.74, 6) is 0.445. The summed E-state index contributed by atoms with van der Waals surface area (Å²) in [4.78, 5) is 0. The van der Waals surface area contributed by atoms with Crippen molar-refractivity contribution in [3.63, 3.8) is 0 Å². The van der Waals surface area contributed by atoms with Crippen LogP contribution in [0.3, 0.4) is 0 Å². The molecule has 0 aliphatic carbocycles. The van der Waals surface area contributed by atoms with E-state index in [-0.39, 0.29) is 5.60 Å². The molecule has 0 amide bonds. The van der Waals surface area contributed by atoms with Crippen LogP contribution in [0.1, 0.15) is 72.6 Å². The summed E-state index contributed by atoms with van der Waals surface area (Å²) < 4.78 is 0. The van der Waals surface area contributed by atoms with E-state index in [2.05, 4.69) is 27.7 Å². The second kappa shape index (κ2) is 7.28. The Morgan fingerprint density at radius 3 is 1.71 bits per heavy atom. The first kappa shape index (κ1) is 14.0. The van der Waals surface area contributed by atoms with E-state index >= 15 is 0 Å². The largest absolute Gasteiger partial charge is 0.390 e. The van der Waals surface area contributed by atoms with Crippen LogP contribution in [-0.4, -0.2) is 10.7 Å². The van der Waals surface area contributed by atoms with Gasteiger partial charge < -0.3 is 5.11 Å². The summed E-state index contributed by atoms with van der Waals surface area (Å²) in [5, 5.41) is 10.5. The molecule has 0 rings (SSSR count). The van der Waals surface area contributed by atoms with Gasteiger partial charge in [0.25, 0.3) is 0 Å². The topological polar surface area (TPSA) is 20.2 Å². The van der Waals surface area contributed by atoms with Crippen molar-refractivity contribution >= 4 is 0 Å². The average molecular weight is 200 g/mol. The van der Waals surface area contributed by atoms with Gasteiger partial charge >= 0.3 is 0 Å². The third kappa shape index (κ3) is 4.45. The number of hydrogen-bond donors (Lipinski definition) is 1. The Kier molecular flexibility index (Phi) is 7.26. The van der Waals surface area contributed by atoms with Gasteiger partial charge in [-0.2, -0.15) is 0 Å². The van der Waals surface area contributed by atoms with Gasteiger partial charge in [0.15, 0.2) is 0 Å². The lowest BCUT2D eigenvalue weighted by Crippen LogP contribution is -2.36. The van der Waals surface area contributed by atoms with E-state index in [4.69, 9.17) is 0 Å². The lowest BCUT2D eigenvalue weighted by molar-refractivity contribution is -0.0319. The molecule has 1 heteroatoms. The van der Waals surface area contributed by atoms with Gasteiger partial charge in [-0.25, -0.2) is 0 Å². The van der Waals surface area contributed by atoms with Crippen LogP contribution in [0.15, 0.2) is 0 Å². The maximum Gasteiger partial charge on any atom is 0.0673 e. The van der Waals surface area contributed by atoms with Crippen LogP contribution in [0.25, 0.3) is 0 Å². The minimum atomic E-state index is -0.388. The van der Waals surface area contributed by atoms with Crippen LogP contribution in [0, 0.1) is 5.92 Å². The predicted molar refractivity (Wildman–Crippen MR) is 63.5 cm³/mol. The number of hydrogen-bond acceptors (Lipinski definition) is 1. The maximum atomic E-state index is 10.5. The third-order valence-electron chi connectivity index (χ3n) is 3.46. The molecule has 1 nitrogen and oxygen atoms in total. The molecule has 14 heavy (non-hydrogen) atoms. The second-order valence-electron chi connectivity index (χ2n) is 4.62. The fourth-order valence-corrected chi connectivity index (χ4v) is 1.96. The van der Waals surface area contributed by atoms with Crippen LogP contribution in [0.4, 0.5) is 0 Å². The van der Waals surface area contributed by atoms with Crippen LogP contribution in [0.2, 0.25) is 0 Å². The zero-order chi connectivity index (χ0) is 11.0. The molecule has 0 aliphatic rings. The molecule has 0 aliphatic heterocycles. The fraction of sp³-hybridized carbons (Fsp3) is 1.00. The smallest absolute Gasteiger partial charge is 0.0673 e. The predicted octanol–water partition coefficient (Wildman–Crippen LogP) is 4.14. The lowest BCUT2D eigenvalue weighted by atomic mass is 9.79. The van der Waals surface area contributed by atoms with Crippen molar-refractivity contribution in [1.29, 1.82) is 0 Å². The summed E-state index contributed by atoms with van der Waals surface area (Å²) in [6, 6.07) is 0. The zero-order valence-corrected chi connectivity index (χ0v) is 10.5. The van der Waals surface area contributed by atoms with E-state index < -0.39 is 0 Å². The first-order valence-electron chi connectivity index (χ1n) is 6.33. The van der Waals surface area contributed by atoms with Crippen LogP contribution in [0.5, 0.6) is 0 Å². The molecule has 0 aromatic rings. The molecule has 0 aromatic carbocycles. The van der Waals surface area contributed by atoms with E-state index in [1.165, 1.54) is 12.8 Å². The fourth-order valence-electron chi connectivity index (χ4n) is 1.96. The Morgan fingerprint density at radius 1 is 1.00 bits per heavy atom. The number of unbranched alkanes of at least 4 members (excludes halogenated alkanes) is 2. The number of aliphatic hydroxyl groups is 1. The van der Waals surface area contributed by atoms with Gasteiger partial charge in [0.2, 0.25) is 0 Å². The summed E-state index contributed by atoms with van der Waals surface area (Å²) in [5.41, 5.74) is -0.388. The van der Waals surface area contributed by atoms with Crippen LogP contribution in [-0.2, 0) is 0 Å². The molecule has 0 aromatic heterocycles. The minimum Gasteiger partial charge on any atom is -0.390 e. The Morgan fingerprint density at radius 2 is 1.43 bits per heavy atom. The Bertz CT molecular complexity index is 123. The molecule has 0 unspecified atom stereocenters. The van der Waals surface area contributed by atoms with Crippen LogP contribution >= 0.6 is 0 Å². The molecular formula is C13H28O. The van der Waals surface area contributed by atoms with Crippen molar-refractivity contribution in [3.05, 3.63) is 0 Å². The van der Waals surface area contributed by atoms with Gasteiger partial charge in [-0.3, -0.25) is 0 Å². The zero-order valence-electron chi connectivity index (χ0n) is 10.5. The summed E-state index contributed by atoms with van der Waals surface area (Å²) in [6.07, 6.45) is 7.74. The highest BCUT2D eigenvalue weighted by atomic mass is 16.3. The van der Waals surface area contributed by atoms with Crippen molar-refractivity contribution in [2.24, 2.45) is 5.92 Å². The normalized spacial score (nSPS) is 14.4. The van der Waals surface area contributed by atoms with E-state index in [0.29, 0.717) is 5.92 Å². The van der Waals surface area contributed by atoms with Crippen LogP contribution < -0.4 is 0 Å². The van der Waals surface area contributed by atoms with Crippen molar-refractivity contribution < 1.29 is 5.11 Å². The van der Waals surface area contributed by atoms with Gasteiger partial charge in [-0.1, -0.05) is 59.8 Å². The Labute approximate surface area is 89.9 Å². The first-order valence-corrected chi connectivity index (χ1v) is 6.33. The molecule has 0 radical (unpaired) electrons. The van der Waals surface area contributed by atoms with Gasteiger partial charge in [0.05, 0.1) is 5.60 Å². The molecule has 1 N–H and O–H groups in total. The molecule has 1 atom stereocenters. The van der Waals surface area contributed by atoms with E-state index in [0.717, 1.165) is 32.1 Å². The third-order valence-corrected chi connectivity index (χ3v) is 3.46. The van der Waals surface area contributed by atoms with Crippen molar-refractivity contribution in [1.82, 2.24) is 0 Å². The minimum absolute atomic E-state index is 0.388.